The van der Waals surface area contributed by atoms with E-state index in [9.17, 15) is 15.0 Å². The predicted octanol–water partition coefficient (Wildman–Crippen LogP) is 4.93. The zero-order chi connectivity index (χ0) is 19.4. The highest BCUT2D eigenvalue weighted by molar-refractivity contribution is 6.31. The number of fused-ring (bicyclic) bond motifs is 5. The SMILES string of the molecule is O=C(Nc1cccc(Cl)c1)c1ccc(-n2c(O)c3c(c2O)[C@H]2C=C[C@@H]3C2)cc1. The summed E-state index contributed by atoms with van der Waals surface area (Å²) in [7, 11) is 0. The minimum absolute atomic E-state index is 0.0699. The third kappa shape index (κ3) is 2.51. The summed E-state index contributed by atoms with van der Waals surface area (Å²) >= 11 is 5.94. The summed E-state index contributed by atoms with van der Waals surface area (Å²) in [4.78, 5) is 12.4. The Morgan fingerprint density at radius 2 is 1.64 bits per heavy atom. The van der Waals surface area contributed by atoms with Gasteiger partial charge in [-0.1, -0.05) is 29.8 Å². The molecule has 5 rings (SSSR count). The van der Waals surface area contributed by atoms with Gasteiger partial charge in [0.15, 0.2) is 0 Å². The monoisotopic (exact) mass is 392 g/mol. The fourth-order valence-corrected chi connectivity index (χ4v) is 4.41. The number of amides is 1. The second-order valence-corrected chi connectivity index (χ2v) is 7.59. The highest BCUT2D eigenvalue weighted by Crippen LogP contribution is 2.57. The van der Waals surface area contributed by atoms with Gasteiger partial charge in [0, 0.05) is 39.2 Å². The largest absolute Gasteiger partial charge is 0.494 e. The van der Waals surface area contributed by atoms with Gasteiger partial charge in [-0.25, -0.2) is 0 Å². The molecule has 2 atom stereocenters. The van der Waals surface area contributed by atoms with E-state index in [1.54, 1.807) is 48.5 Å². The second-order valence-electron chi connectivity index (χ2n) is 7.15. The van der Waals surface area contributed by atoms with Crippen LogP contribution < -0.4 is 5.32 Å². The van der Waals surface area contributed by atoms with Gasteiger partial charge >= 0.3 is 0 Å². The van der Waals surface area contributed by atoms with Gasteiger partial charge in [0.2, 0.25) is 11.8 Å². The first kappa shape index (κ1) is 17.0. The average Bonchev–Trinajstić information content (AvgIpc) is 3.36. The highest BCUT2D eigenvalue weighted by atomic mass is 35.5. The van der Waals surface area contributed by atoms with Crippen molar-refractivity contribution in [2.75, 3.05) is 5.32 Å². The Balaban J connectivity index is 1.43. The molecule has 0 saturated heterocycles. The van der Waals surface area contributed by atoms with E-state index in [4.69, 9.17) is 11.6 Å². The van der Waals surface area contributed by atoms with Crippen LogP contribution in [0.5, 0.6) is 11.8 Å². The van der Waals surface area contributed by atoms with E-state index >= 15 is 0 Å². The summed E-state index contributed by atoms with van der Waals surface area (Å²) in [5.41, 5.74) is 3.30. The van der Waals surface area contributed by atoms with Crippen molar-refractivity contribution in [2.24, 2.45) is 0 Å². The molecular formula is C22H17ClN2O3. The maximum Gasteiger partial charge on any atom is 0.255 e. The quantitative estimate of drug-likeness (QED) is 0.553. The summed E-state index contributed by atoms with van der Waals surface area (Å²) in [5, 5.41) is 24.7. The number of nitrogens with zero attached hydrogens (tertiary/aromatic N) is 1. The molecule has 3 aromatic rings. The Bertz CT molecular complexity index is 1100. The average molecular weight is 393 g/mol. The molecule has 0 aliphatic heterocycles. The van der Waals surface area contributed by atoms with E-state index in [-0.39, 0.29) is 29.5 Å². The number of allylic oxidation sites excluding steroid dienone is 2. The zero-order valence-electron chi connectivity index (χ0n) is 14.8. The second kappa shape index (κ2) is 6.17. The molecule has 2 aliphatic carbocycles. The molecule has 2 bridgehead atoms. The first-order valence-corrected chi connectivity index (χ1v) is 9.43. The Labute approximate surface area is 166 Å². The smallest absolute Gasteiger partial charge is 0.255 e. The van der Waals surface area contributed by atoms with Gasteiger partial charge in [-0.2, -0.15) is 0 Å². The molecule has 6 heteroatoms. The van der Waals surface area contributed by atoms with Crippen LogP contribution in [0.4, 0.5) is 5.69 Å². The fraction of sp³-hybridized carbons (Fsp3) is 0.136. The third-order valence-corrected chi connectivity index (χ3v) is 5.73. The molecule has 28 heavy (non-hydrogen) atoms. The first-order valence-electron chi connectivity index (χ1n) is 9.05. The van der Waals surface area contributed by atoms with Crippen molar-refractivity contribution in [1.29, 1.82) is 0 Å². The maximum absolute atomic E-state index is 12.4. The van der Waals surface area contributed by atoms with Crippen molar-refractivity contribution in [3.63, 3.8) is 0 Å². The topological polar surface area (TPSA) is 74.5 Å². The van der Waals surface area contributed by atoms with Crippen molar-refractivity contribution in [3.8, 4) is 17.4 Å². The van der Waals surface area contributed by atoms with Crippen LogP contribution in [0, 0.1) is 0 Å². The van der Waals surface area contributed by atoms with E-state index < -0.39 is 0 Å². The molecule has 2 aromatic carbocycles. The minimum atomic E-state index is -0.264. The van der Waals surface area contributed by atoms with E-state index in [2.05, 4.69) is 17.5 Å². The molecule has 0 unspecified atom stereocenters. The molecule has 5 nitrogen and oxygen atoms in total. The van der Waals surface area contributed by atoms with Crippen LogP contribution in [-0.2, 0) is 0 Å². The molecule has 0 fully saturated rings. The van der Waals surface area contributed by atoms with E-state index in [1.807, 2.05) is 0 Å². The normalized spacial score (nSPS) is 19.0. The number of halogens is 1. The summed E-state index contributed by atoms with van der Waals surface area (Å²) in [5.74, 6) is 0.199. The maximum atomic E-state index is 12.4. The van der Waals surface area contributed by atoms with Crippen LogP contribution in [0.2, 0.25) is 5.02 Å². The van der Waals surface area contributed by atoms with Crippen molar-refractivity contribution < 1.29 is 15.0 Å². The summed E-state index contributed by atoms with van der Waals surface area (Å²) in [6.45, 7) is 0. The summed E-state index contributed by atoms with van der Waals surface area (Å²) in [6, 6.07) is 13.7. The van der Waals surface area contributed by atoms with E-state index in [1.165, 1.54) is 4.57 Å². The predicted molar refractivity (Wildman–Crippen MR) is 108 cm³/mol. The van der Waals surface area contributed by atoms with Crippen LogP contribution >= 0.6 is 11.6 Å². The number of rotatable bonds is 3. The molecule has 1 heterocycles. The fourth-order valence-electron chi connectivity index (χ4n) is 4.22. The number of anilines is 1. The number of carbonyl (C=O) groups is 1. The third-order valence-electron chi connectivity index (χ3n) is 5.49. The molecule has 140 valence electrons. The Kier molecular flexibility index (Phi) is 3.74. The zero-order valence-corrected chi connectivity index (χ0v) is 15.5. The van der Waals surface area contributed by atoms with Gasteiger partial charge in [0.05, 0.1) is 5.69 Å². The van der Waals surface area contributed by atoms with Crippen LogP contribution in [0.1, 0.15) is 39.7 Å². The lowest BCUT2D eigenvalue weighted by atomic mass is 10.0. The van der Waals surface area contributed by atoms with Gasteiger partial charge in [0.1, 0.15) is 0 Å². The molecule has 1 aromatic heterocycles. The van der Waals surface area contributed by atoms with E-state index in [0.29, 0.717) is 22.0 Å². The number of aromatic nitrogens is 1. The highest BCUT2D eigenvalue weighted by Gasteiger charge is 2.41. The standard InChI is InChI=1S/C22H17ClN2O3/c23-15-2-1-3-16(11-15)24-20(26)12-6-8-17(9-7-12)25-21(27)18-13-4-5-14(10-13)19(18)22(25)28/h1-9,11,13-14,27-28H,10H2,(H,24,26)/t13-,14+. The van der Waals surface area contributed by atoms with Crippen LogP contribution in [0.25, 0.3) is 5.69 Å². The molecule has 0 saturated carbocycles. The number of carbonyl (C=O) groups excluding carboxylic acids is 1. The van der Waals surface area contributed by atoms with E-state index in [0.717, 1.165) is 17.5 Å². The molecule has 1 amide bonds. The molecule has 0 radical (unpaired) electrons. The first-order chi connectivity index (χ1) is 13.5. The van der Waals surface area contributed by atoms with Crippen LogP contribution in [0.15, 0.2) is 60.7 Å². The number of hydrogen-bond donors (Lipinski definition) is 3. The van der Waals surface area contributed by atoms with Crippen molar-refractivity contribution in [2.45, 2.75) is 18.3 Å². The molecule has 3 N–H and O–H groups in total. The number of hydrogen-bond acceptors (Lipinski definition) is 3. The van der Waals surface area contributed by atoms with Gasteiger partial charge in [-0.15, -0.1) is 0 Å². The van der Waals surface area contributed by atoms with Gasteiger partial charge in [-0.3, -0.25) is 9.36 Å². The Morgan fingerprint density at radius 1 is 1.00 bits per heavy atom. The van der Waals surface area contributed by atoms with Crippen molar-refractivity contribution in [1.82, 2.24) is 4.57 Å². The summed E-state index contributed by atoms with van der Waals surface area (Å²) < 4.78 is 1.44. The number of nitrogens with one attached hydrogen (secondary N) is 1. The van der Waals surface area contributed by atoms with Crippen LogP contribution in [-0.4, -0.2) is 20.7 Å². The van der Waals surface area contributed by atoms with Gasteiger partial charge < -0.3 is 15.5 Å². The minimum Gasteiger partial charge on any atom is -0.494 e. The van der Waals surface area contributed by atoms with Gasteiger partial charge in [-0.05, 0) is 48.9 Å². The van der Waals surface area contributed by atoms with Crippen molar-refractivity contribution in [3.05, 3.63) is 82.4 Å². The number of benzene rings is 2. The molecule has 2 aliphatic rings. The lowest BCUT2D eigenvalue weighted by Crippen LogP contribution is -2.11. The molecular weight excluding hydrogens is 376 g/mol. The number of aromatic hydroxyl groups is 2. The lowest BCUT2D eigenvalue weighted by molar-refractivity contribution is 0.102. The lowest BCUT2D eigenvalue weighted by Gasteiger charge is -2.11. The van der Waals surface area contributed by atoms with Crippen molar-refractivity contribution >= 4 is 23.2 Å². The Hall–Kier alpha value is -3.18. The summed E-state index contributed by atoms with van der Waals surface area (Å²) in [6.07, 6.45) is 5.08. The van der Waals surface area contributed by atoms with Gasteiger partial charge in [0.25, 0.3) is 5.91 Å². The Morgan fingerprint density at radius 3 is 2.25 bits per heavy atom. The molecule has 0 spiro atoms. The van der Waals surface area contributed by atoms with Crippen LogP contribution in [0.3, 0.4) is 0 Å².